The van der Waals surface area contributed by atoms with Gasteiger partial charge in [0, 0.05) is 6.54 Å². The van der Waals surface area contributed by atoms with Crippen LogP contribution in [0.25, 0.3) is 0 Å². The van der Waals surface area contributed by atoms with Crippen molar-refractivity contribution in [3.63, 3.8) is 0 Å². The van der Waals surface area contributed by atoms with Crippen LogP contribution in [0.3, 0.4) is 0 Å². The molecule has 0 spiro atoms. The Kier molecular flexibility index (Phi) is 4.77. The second kappa shape index (κ2) is 6.22. The Bertz CT molecular complexity index is 788. The Morgan fingerprint density at radius 1 is 1.38 bits per heavy atom. The van der Waals surface area contributed by atoms with E-state index in [2.05, 4.69) is 20.7 Å². The van der Waals surface area contributed by atoms with E-state index < -0.39 is 21.8 Å². The summed E-state index contributed by atoms with van der Waals surface area (Å²) in [5.41, 5.74) is 0.461. The minimum absolute atomic E-state index is 0.0898. The molecule has 5 nitrogen and oxygen atoms in total. The highest BCUT2D eigenvalue weighted by Gasteiger charge is 2.22. The Morgan fingerprint density at radius 3 is 2.67 bits per heavy atom. The first-order chi connectivity index (χ1) is 9.79. The highest BCUT2D eigenvalue weighted by Crippen LogP contribution is 2.31. The Balaban J connectivity index is 2.21. The fraction of sp³-hybridized carbons (Fsp3) is 0.0833. The molecule has 2 aromatic rings. The Labute approximate surface area is 132 Å². The number of rotatable bonds is 5. The summed E-state index contributed by atoms with van der Waals surface area (Å²) in [5, 5.41) is 8.86. The van der Waals surface area contributed by atoms with E-state index in [1.165, 1.54) is 18.2 Å². The van der Waals surface area contributed by atoms with E-state index in [9.17, 15) is 17.6 Å². The van der Waals surface area contributed by atoms with Gasteiger partial charge in [0.05, 0.1) is 3.79 Å². The van der Waals surface area contributed by atoms with Crippen LogP contribution < -0.4 is 4.72 Å². The molecule has 21 heavy (non-hydrogen) atoms. The summed E-state index contributed by atoms with van der Waals surface area (Å²) < 4.78 is 39.8. The van der Waals surface area contributed by atoms with E-state index >= 15 is 0 Å². The van der Waals surface area contributed by atoms with Crippen LogP contribution in [0, 0.1) is 5.82 Å². The van der Waals surface area contributed by atoms with Gasteiger partial charge in [0.1, 0.15) is 15.6 Å². The first-order valence-electron chi connectivity index (χ1n) is 5.56. The first-order valence-corrected chi connectivity index (χ1v) is 8.65. The van der Waals surface area contributed by atoms with Crippen LogP contribution in [0.1, 0.15) is 15.2 Å². The van der Waals surface area contributed by atoms with E-state index in [1.807, 2.05) is 0 Å². The number of hydrogen-bond acceptors (Lipinski definition) is 4. The molecule has 0 fully saturated rings. The van der Waals surface area contributed by atoms with Crippen LogP contribution >= 0.6 is 27.3 Å². The zero-order valence-electron chi connectivity index (χ0n) is 10.3. The Hall–Kier alpha value is -1.29. The highest BCUT2D eigenvalue weighted by molar-refractivity contribution is 9.11. The molecule has 0 saturated carbocycles. The molecule has 0 amide bonds. The van der Waals surface area contributed by atoms with E-state index in [1.54, 1.807) is 6.07 Å². The van der Waals surface area contributed by atoms with Gasteiger partial charge in [-0.25, -0.2) is 22.3 Å². The second-order valence-electron chi connectivity index (χ2n) is 4.01. The standard InChI is InChI=1S/C12H9BrFNO4S2/c13-11-10(5-9(20-11)12(16)17)21(18,19)15-6-7-2-1-3-8(14)4-7/h1-5,15H,6H2,(H,16,17). The van der Waals surface area contributed by atoms with E-state index in [-0.39, 0.29) is 20.1 Å². The fourth-order valence-electron chi connectivity index (χ4n) is 1.54. The molecule has 0 aliphatic carbocycles. The third-order valence-electron chi connectivity index (χ3n) is 2.51. The molecule has 0 saturated heterocycles. The number of thiophene rings is 1. The van der Waals surface area contributed by atoms with E-state index in [0.29, 0.717) is 5.56 Å². The first kappa shape index (κ1) is 16.1. The molecule has 1 aromatic carbocycles. The van der Waals surface area contributed by atoms with Gasteiger partial charge in [0.25, 0.3) is 0 Å². The molecule has 0 aliphatic rings. The molecular weight excluding hydrogens is 385 g/mol. The number of carboxylic acid groups (broad SMARTS) is 1. The number of sulfonamides is 1. The molecule has 2 rings (SSSR count). The molecule has 1 heterocycles. The van der Waals surface area contributed by atoms with Crippen LogP contribution in [0.4, 0.5) is 4.39 Å². The second-order valence-corrected chi connectivity index (χ2v) is 8.11. The van der Waals surface area contributed by atoms with Gasteiger partial charge in [-0.15, -0.1) is 11.3 Å². The molecule has 112 valence electrons. The van der Waals surface area contributed by atoms with Gasteiger partial charge in [-0.05, 0) is 39.7 Å². The molecular formula is C12H9BrFNO4S2. The number of hydrogen-bond donors (Lipinski definition) is 2. The molecule has 0 unspecified atom stereocenters. The van der Waals surface area contributed by atoms with Crippen LogP contribution in [0.5, 0.6) is 0 Å². The van der Waals surface area contributed by atoms with Gasteiger partial charge in [0.15, 0.2) is 0 Å². The molecule has 0 bridgehead atoms. The molecule has 9 heteroatoms. The lowest BCUT2D eigenvalue weighted by molar-refractivity contribution is 0.0702. The number of carbonyl (C=O) groups is 1. The van der Waals surface area contributed by atoms with E-state index in [0.717, 1.165) is 17.4 Å². The SMILES string of the molecule is O=C(O)c1cc(S(=O)(=O)NCc2cccc(F)c2)c(Br)s1. The maximum atomic E-state index is 13.0. The van der Waals surface area contributed by atoms with Crippen molar-refractivity contribution < 1.29 is 22.7 Å². The number of carboxylic acids is 1. The number of halogens is 2. The van der Waals surface area contributed by atoms with Crippen LogP contribution in [0.15, 0.2) is 39.0 Å². The summed E-state index contributed by atoms with van der Waals surface area (Å²) in [7, 11) is -3.89. The zero-order chi connectivity index (χ0) is 15.6. The monoisotopic (exact) mass is 393 g/mol. The molecule has 1 aromatic heterocycles. The van der Waals surface area contributed by atoms with Gasteiger partial charge in [-0.3, -0.25) is 0 Å². The Morgan fingerprint density at radius 2 is 2.10 bits per heavy atom. The van der Waals surface area contributed by atoms with Crippen molar-refractivity contribution in [2.45, 2.75) is 11.4 Å². The molecule has 2 N–H and O–H groups in total. The largest absolute Gasteiger partial charge is 0.477 e. The van der Waals surface area contributed by atoms with Gasteiger partial charge < -0.3 is 5.11 Å². The molecule has 0 aliphatic heterocycles. The quantitative estimate of drug-likeness (QED) is 0.817. The summed E-state index contributed by atoms with van der Waals surface area (Å²) in [6.45, 7) is -0.0925. The fourth-order valence-corrected chi connectivity index (χ4v) is 4.96. The van der Waals surface area contributed by atoms with Gasteiger partial charge in [-0.2, -0.15) is 0 Å². The highest BCUT2D eigenvalue weighted by atomic mass is 79.9. The van der Waals surface area contributed by atoms with Gasteiger partial charge in [0.2, 0.25) is 10.0 Å². The van der Waals surface area contributed by atoms with Crippen molar-refractivity contribution in [2.75, 3.05) is 0 Å². The average molecular weight is 394 g/mol. The van der Waals surface area contributed by atoms with Crippen LogP contribution in [-0.2, 0) is 16.6 Å². The van der Waals surface area contributed by atoms with Crippen molar-refractivity contribution in [3.8, 4) is 0 Å². The molecule has 0 atom stereocenters. The lowest BCUT2D eigenvalue weighted by Gasteiger charge is -2.06. The van der Waals surface area contributed by atoms with Crippen molar-refractivity contribution in [2.24, 2.45) is 0 Å². The maximum Gasteiger partial charge on any atom is 0.345 e. The van der Waals surface area contributed by atoms with Crippen molar-refractivity contribution in [1.82, 2.24) is 4.72 Å². The average Bonchev–Trinajstić information content (AvgIpc) is 2.80. The lowest BCUT2D eigenvalue weighted by Crippen LogP contribution is -2.23. The maximum absolute atomic E-state index is 13.0. The third kappa shape index (κ3) is 3.88. The minimum Gasteiger partial charge on any atom is -0.477 e. The predicted molar refractivity (Wildman–Crippen MR) is 79.4 cm³/mol. The zero-order valence-corrected chi connectivity index (χ0v) is 13.6. The summed E-state index contributed by atoms with van der Waals surface area (Å²) in [6, 6.07) is 6.60. The minimum atomic E-state index is -3.89. The summed E-state index contributed by atoms with van der Waals surface area (Å²) in [6.07, 6.45) is 0. The summed E-state index contributed by atoms with van der Waals surface area (Å²) in [4.78, 5) is 10.6. The topological polar surface area (TPSA) is 83.5 Å². The van der Waals surface area contributed by atoms with Gasteiger partial charge >= 0.3 is 5.97 Å². The van der Waals surface area contributed by atoms with Crippen molar-refractivity contribution >= 4 is 43.3 Å². The number of nitrogens with one attached hydrogen (secondary N) is 1. The van der Waals surface area contributed by atoms with Crippen molar-refractivity contribution in [3.05, 3.63) is 50.4 Å². The van der Waals surface area contributed by atoms with Crippen LogP contribution in [-0.4, -0.2) is 19.5 Å². The van der Waals surface area contributed by atoms with Crippen molar-refractivity contribution in [1.29, 1.82) is 0 Å². The van der Waals surface area contributed by atoms with Crippen LogP contribution in [0.2, 0.25) is 0 Å². The number of aromatic carboxylic acids is 1. The van der Waals surface area contributed by atoms with Gasteiger partial charge in [-0.1, -0.05) is 12.1 Å². The predicted octanol–water partition coefficient (Wildman–Crippen LogP) is 2.83. The summed E-state index contributed by atoms with van der Waals surface area (Å²) in [5.74, 6) is -1.66. The molecule has 0 radical (unpaired) electrons. The lowest BCUT2D eigenvalue weighted by atomic mass is 10.2. The third-order valence-corrected chi connectivity index (χ3v) is 6.15. The number of benzene rings is 1. The summed E-state index contributed by atoms with van der Waals surface area (Å²) >= 11 is 3.85. The smallest absolute Gasteiger partial charge is 0.345 e. The normalized spacial score (nSPS) is 11.5. The van der Waals surface area contributed by atoms with E-state index in [4.69, 9.17) is 5.11 Å².